The van der Waals surface area contributed by atoms with Crippen molar-refractivity contribution in [3.05, 3.63) is 20.3 Å². The third kappa shape index (κ3) is 4.19. The summed E-state index contributed by atoms with van der Waals surface area (Å²) in [5.74, 6) is 0. The number of halogens is 1. The maximum atomic E-state index is 3.66. The van der Waals surface area contributed by atoms with Crippen molar-refractivity contribution in [3.8, 4) is 0 Å². The molecule has 0 amide bonds. The third-order valence-corrected chi connectivity index (χ3v) is 4.36. The quantitative estimate of drug-likeness (QED) is 0.743. The molecule has 92 valence electrons. The highest BCUT2D eigenvalue weighted by molar-refractivity contribution is 9.11. The van der Waals surface area contributed by atoms with Gasteiger partial charge in [0.15, 0.2) is 0 Å². The van der Waals surface area contributed by atoms with Gasteiger partial charge >= 0.3 is 0 Å². The Balaban J connectivity index is 2.70. The van der Waals surface area contributed by atoms with Crippen molar-refractivity contribution < 1.29 is 0 Å². The van der Waals surface area contributed by atoms with Gasteiger partial charge in [-0.1, -0.05) is 26.7 Å². The lowest BCUT2D eigenvalue weighted by molar-refractivity contribution is 0.481. The Labute approximate surface area is 112 Å². The molecule has 16 heavy (non-hydrogen) atoms. The fraction of sp³-hybridized carbons (Fsp3) is 0.692. The summed E-state index contributed by atoms with van der Waals surface area (Å²) in [6.07, 6.45) is 5.02. The summed E-state index contributed by atoms with van der Waals surface area (Å²) >= 11 is 5.42. The van der Waals surface area contributed by atoms with E-state index in [9.17, 15) is 0 Å². The van der Waals surface area contributed by atoms with Gasteiger partial charge in [0.2, 0.25) is 0 Å². The van der Waals surface area contributed by atoms with E-state index in [1.54, 1.807) is 0 Å². The maximum absolute atomic E-state index is 3.66. The van der Waals surface area contributed by atoms with Crippen LogP contribution in [-0.4, -0.2) is 6.54 Å². The Morgan fingerprint density at radius 3 is 2.62 bits per heavy atom. The van der Waals surface area contributed by atoms with Crippen LogP contribution in [0, 0.1) is 6.92 Å². The van der Waals surface area contributed by atoms with E-state index in [4.69, 9.17) is 0 Å². The van der Waals surface area contributed by atoms with Crippen molar-refractivity contribution in [3.63, 3.8) is 0 Å². The summed E-state index contributed by atoms with van der Waals surface area (Å²) in [7, 11) is 0. The molecule has 0 saturated heterocycles. The van der Waals surface area contributed by atoms with Crippen LogP contribution in [0.2, 0.25) is 0 Å². The Bertz CT molecular complexity index is 301. The number of hydrogen-bond acceptors (Lipinski definition) is 2. The highest BCUT2D eigenvalue weighted by Gasteiger charge is 2.14. The zero-order valence-corrected chi connectivity index (χ0v) is 12.9. The minimum absolute atomic E-state index is 0.544. The molecule has 0 saturated carbocycles. The van der Waals surface area contributed by atoms with E-state index in [2.05, 4.69) is 48.1 Å². The highest BCUT2D eigenvalue weighted by Crippen LogP contribution is 2.32. The molecule has 1 nitrogen and oxygen atoms in total. The first-order chi connectivity index (χ1) is 7.69. The molecule has 0 aliphatic carbocycles. The van der Waals surface area contributed by atoms with Gasteiger partial charge in [-0.2, -0.15) is 0 Å². The largest absolute Gasteiger partial charge is 0.310 e. The third-order valence-electron chi connectivity index (χ3n) is 2.79. The van der Waals surface area contributed by atoms with Crippen molar-refractivity contribution in [2.75, 3.05) is 6.54 Å². The SMILES string of the molecule is CCCCC(NCCC)c1cc(Br)sc1C. The number of thiophene rings is 1. The molecule has 1 atom stereocenters. The summed E-state index contributed by atoms with van der Waals surface area (Å²) in [4.78, 5) is 1.44. The fourth-order valence-electron chi connectivity index (χ4n) is 1.90. The molecule has 0 bridgehead atoms. The van der Waals surface area contributed by atoms with Crippen LogP contribution in [0.4, 0.5) is 0 Å². The van der Waals surface area contributed by atoms with Crippen LogP contribution >= 0.6 is 27.3 Å². The van der Waals surface area contributed by atoms with Crippen molar-refractivity contribution >= 4 is 27.3 Å². The van der Waals surface area contributed by atoms with E-state index in [0.29, 0.717) is 6.04 Å². The summed E-state index contributed by atoms with van der Waals surface area (Å²) < 4.78 is 1.25. The molecule has 0 spiro atoms. The first-order valence-electron chi connectivity index (χ1n) is 6.18. The molecule has 1 heterocycles. The van der Waals surface area contributed by atoms with Gasteiger partial charge in [-0.3, -0.25) is 0 Å². The lowest BCUT2D eigenvalue weighted by Gasteiger charge is -2.18. The number of rotatable bonds is 7. The molecule has 0 aliphatic heterocycles. The van der Waals surface area contributed by atoms with Crippen LogP contribution in [0.25, 0.3) is 0 Å². The molecular formula is C13H22BrNS. The molecule has 3 heteroatoms. The summed E-state index contributed by atoms with van der Waals surface area (Å²) in [5.41, 5.74) is 1.48. The average Bonchev–Trinajstić information content (AvgIpc) is 2.58. The Morgan fingerprint density at radius 1 is 1.38 bits per heavy atom. The first kappa shape index (κ1) is 14.2. The van der Waals surface area contributed by atoms with Crippen molar-refractivity contribution in [1.82, 2.24) is 5.32 Å². The lowest BCUT2D eigenvalue weighted by Crippen LogP contribution is -2.22. The second-order valence-electron chi connectivity index (χ2n) is 4.21. The second-order valence-corrected chi connectivity index (χ2v) is 6.85. The Kier molecular flexibility index (Phi) is 6.62. The van der Waals surface area contributed by atoms with E-state index < -0.39 is 0 Å². The normalized spacial score (nSPS) is 13.0. The van der Waals surface area contributed by atoms with Crippen LogP contribution in [0.15, 0.2) is 9.85 Å². The Hall–Kier alpha value is 0.140. The van der Waals surface area contributed by atoms with Crippen LogP contribution in [0.3, 0.4) is 0 Å². The molecule has 0 fully saturated rings. The van der Waals surface area contributed by atoms with Crippen molar-refractivity contribution in [2.24, 2.45) is 0 Å². The summed E-state index contributed by atoms with van der Waals surface area (Å²) in [5, 5.41) is 3.66. The van der Waals surface area contributed by atoms with Gasteiger partial charge in [0.05, 0.1) is 3.79 Å². The van der Waals surface area contributed by atoms with Gasteiger partial charge in [-0.05, 0) is 53.9 Å². The number of unbranched alkanes of at least 4 members (excludes halogenated alkanes) is 1. The molecule has 1 aromatic heterocycles. The molecule has 0 aromatic carbocycles. The van der Waals surface area contributed by atoms with Gasteiger partial charge in [0, 0.05) is 10.9 Å². The highest BCUT2D eigenvalue weighted by atomic mass is 79.9. The maximum Gasteiger partial charge on any atom is 0.0704 e. The molecule has 0 aliphatic rings. The lowest BCUT2D eigenvalue weighted by atomic mass is 10.0. The van der Waals surface area contributed by atoms with Crippen LogP contribution in [-0.2, 0) is 0 Å². The summed E-state index contributed by atoms with van der Waals surface area (Å²) in [6, 6.07) is 2.82. The molecule has 1 unspecified atom stereocenters. The standard InChI is InChI=1S/C13H22BrNS/c1-4-6-7-12(15-8-5-2)11-9-13(14)16-10(11)3/h9,12,15H,4-8H2,1-3H3. The van der Waals surface area contributed by atoms with E-state index in [1.807, 2.05) is 11.3 Å². The van der Waals surface area contributed by atoms with E-state index in [-0.39, 0.29) is 0 Å². The molecule has 1 aromatic rings. The van der Waals surface area contributed by atoms with E-state index in [0.717, 1.165) is 6.54 Å². The fourth-order valence-corrected chi connectivity index (χ4v) is 3.67. The first-order valence-corrected chi connectivity index (χ1v) is 7.79. The minimum Gasteiger partial charge on any atom is -0.310 e. The molecule has 0 radical (unpaired) electrons. The number of hydrogen-bond donors (Lipinski definition) is 1. The predicted octanol–water partition coefficient (Wildman–Crippen LogP) is 5.05. The van der Waals surface area contributed by atoms with Gasteiger partial charge in [0.25, 0.3) is 0 Å². The summed E-state index contributed by atoms with van der Waals surface area (Å²) in [6.45, 7) is 7.81. The van der Waals surface area contributed by atoms with Gasteiger partial charge in [-0.15, -0.1) is 11.3 Å². The van der Waals surface area contributed by atoms with Crippen LogP contribution < -0.4 is 5.32 Å². The zero-order chi connectivity index (χ0) is 12.0. The van der Waals surface area contributed by atoms with E-state index >= 15 is 0 Å². The van der Waals surface area contributed by atoms with Gasteiger partial charge in [0.1, 0.15) is 0 Å². The van der Waals surface area contributed by atoms with Crippen molar-refractivity contribution in [1.29, 1.82) is 0 Å². The topological polar surface area (TPSA) is 12.0 Å². The number of nitrogens with one attached hydrogen (secondary N) is 1. The van der Waals surface area contributed by atoms with Crippen molar-refractivity contribution in [2.45, 2.75) is 52.5 Å². The molecule has 1 rings (SSSR count). The van der Waals surface area contributed by atoms with Crippen LogP contribution in [0.5, 0.6) is 0 Å². The number of aryl methyl sites for hydroxylation is 1. The van der Waals surface area contributed by atoms with E-state index in [1.165, 1.54) is 39.9 Å². The second kappa shape index (κ2) is 7.46. The smallest absolute Gasteiger partial charge is 0.0704 e. The van der Waals surface area contributed by atoms with Gasteiger partial charge < -0.3 is 5.32 Å². The minimum atomic E-state index is 0.544. The average molecular weight is 304 g/mol. The predicted molar refractivity (Wildman–Crippen MR) is 77.3 cm³/mol. The zero-order valence-electron chi connectivity index (χ0n) is 10.5. The monoisotopic (exact) mass is 303 g/mol. The Morgan fingerprint density at radius 2 is 2.12 bits per heavy atom. The van der Waals surface area contributed by atoms with Crippen LogP contribution in [0.1, 0.15) is 56.0 Å². The molecular weight excluding hydrogens is 282 g/mol. The molecule has 1 N–H and O–H groups in total. The van der Waals surface area contributed by atoms with Gasteiger partial charge in [-0.25, -0.2) is 0 Å².